The molecule has 2 heterocycles. The summed E-state index contributed by atoms with van der Waals surface area (Å²) in [7, 11) is -4.03. The van der Waals surface area contributed by atoms with Gasteiger partial charge in [-0.3, -0.25) is 4.90 Å². The number of carbonyl (C=O) groups excluding carboxylic acids is 1. The van der Waals surface area contributed by atoms with Crippen molar-refractivity contribution in [2.24, 2.45) is 5.92 Å². The fourth-order valence-electron chi connectivity index (χ4n) is 5.74. The topological polar surface area (TPSA) is 70.2 Å². The van der Waals surface area contributed by atoms with Crippen LogP contribution in [-0.2, 0) is 14.8 Å². The van der Waals surface area contributed by atoms with Crippen molar-refractivity contribution in [3.63, 3.8) is 0 Å². The number of piperidine rings is 1. The SMILES string of the molecule is CC1CN(CC2CC2)CCN1C(=O)OC[C@H]1CCC[C@@H](c2cccc(F)c2)N1S(=O)(=O)c1cccc(Cl)c1. The molecule has 3 fully saturated rings. The summed E-state index contributed by atoms with van der Waals surface area (Å²) in [5.41, 5.74) is 0.576. The largest absolute Gasteiger partial charge is 0.448 e. The third-order valence-electron chi connectivity index (χ3n) is 7.85. The number of ether oxygens (including phenoxy) is 1. The van der Waals surface area contributed by atoms with E-state index in [9.17, 15) is 17.6 Å². The molecule has 5 rings (SSSR count). The molecule has 1 unspecified atom stereocenters. The molecule has 1 amide bonds. The fourth-order valence-corrected chi connectivity index (χ4v) is 7.88. The maximum Gasteiger partial charge on any atom is 0.410 e. The van der Waals surface area contributed by atoms with Crippen molar-refractivity contribution >= 4 is 27.7 Å². The van der Waals surface area contributed by atoms with Gasteiger partial charge >= 0.3 is 6.09 Å². The number of hydrogen-bond donors (Lipinski definition) is 0. The summed E-state index contributed by atoms with van der Waals surface area (Å²) in [6.07, 6.45) is 3.96. The Labute approximate surface area is 229 Å². The van der Waals surface area contributed by atoms with Gasteiger partial charge in [-0.1, -0.05) is 29.8 Å². The van der Waals surface area contributed by atoms with Crippen LogP contribution in [0.3, 0.4) is 0 Å². The van der Waals surface area contributed by atoms with Crippen LogP contribution in [0.5, 0.6) is 0 Å². The predicted molar refractivity (Wildman–Crippen MR) is 144 cm³/mol. The average Bonchev–Trinajstić information content (AvgIpc) is 3.71. The Balaban J connectivity index is 1.34. The lowest BCUT2D eigenvalue weighted by Crippen LogP contribution is -2.55. The zero-order valence-corrected chi connectivity index (χ0v) is 23.2. The summed E-state index contributed by atoms with van der Waals surface area (Å²) >= 11 is 6.13. The molecule has 1 saturated carbocycles. The fraction of sp³-hybridized carbons (Fsp3) is 0.536. The van der Waals surface area contributed by atoms with Crippen LogP contribution in [0.1, 0.15) is 50.6 Å². The van der Waals surface area contributed by atoms with Gasteiger partial charge in [0.1, 0.15) is 12.4 Å². The van der Waals surface area contributed by atoms with E-state index in [1.54, 1.807) is 29.2 Å². The first kappa shape index (κ1) is 27.4. The summed E-state index contributed by atoms with van der Waals surface area (Å²) in [5.74, 6) is 0.372. The van der Waals surface area contributed by atoms with Gasteiger partial charge in [0, 0.05) is 37.2 Å². The molecule has 3 atom stereocenters. The van der Waals surface area contributed by atoms with Crippen molar-refractivity contribution in [2.45, 2.75) is 62.0 Å². The molecule has 38 heavy (non-hydrogen) atoms. The first-order valence-electron chi connectivity index (χ1n) is 13.4. The minimum Gasteiger partial charge on any atom is -0.448 e. The highest BCUT2D eigenvalue weighted by Gasteiger charge is 2.42. The van der Waals surface area contributed by atoms with E-state index in [1.165, 1.54) is 41.4 Å². The van der Waals surface area contributed by atoms with Crippen molar-refractivity contribution in [2.75, 3.05) is 32.8 Å². The Hall–Kier alpha value is -2.20. The molecule has 1 aliphatic carbocycles. The van der Waals surface area contributed by atoms with Gasteiger partial charge in [-0.2, -0.15) is 4.31 Å². The Bertz CT molecular complexity index is 1260. The standard InChI is InChI=1S/C28H35ClFN3O4S/c1-20-17-31(18-21-11-12-21)13-14-32(20)28(34)37-19-25-8-4-10-27(22-5-2-7-24(30)15-22)33(25)38(35,36)26-9-3-6-23(29)16-26/h2-3,5-7,9,15-16,20-21,25,27H,4,8,10-14,17-19H2,1H3/t20?,25-,27+/m1/s1. The summed E-state index contributed by atoms with van der Waals surface area (Å²) in [6, 6.07) is 11.0. The smallest absolute Gasteiger partial charge is 0.410 e. The first-order chi connectivity index (χ1) is 18.2. The van der Waals surface area contributed by atoms with Crippen molar-refractivity contribution < 1.29 is 22.3 Å². The van der Waals surface area contributed by atoms with Crippen LogP contribution >= 0.6 is 11.6 Å². The monoisotopic (exact) mass is 563 g/mol. The Morgan fingerprint density at radius 1 is 1.08 bits per heavy atom. The molecular formula is C28H35ClFN3O4S. The number of hydrogen-bond acceptors (Lipinski definition) is 5. The summed E-state index contributed by atoms with van der Waals surface area (Å²) < 4.78 is 49.3. The average molecular weight is 564 g/mol. The second-order valence-electron chi connectivity index (χ2n) is 10.8. The third kappa shape index (κ3) is 6.17. The molecule has 0 radical (unpaired) electrons. The molecule has 3 aliphatic rings. The number of carbonyl (C=O) groups is 1. The number of sulfonamides is 1. The normalized spacial score (nSPS) is 25.3. The maximum atomic E-state index is 14.2. The van der Waals surface area contributed by atoms with Crippen LogP contribution in [0.4, 0.5) is 9.18 Å². The van der Waals surface area contributed by atoms with E-state index < -0.39 is 34.0 Å². The Morgan fingerprint density at radius 3 is 2.58 bits per heavy atom. The lowest BCUT2D eigenvalue weighted by atomic mass is 9.93. The maximum absolute atomic E-state index is 14.2. The van der Waals surface area contributed by atoms with Crippen molar-refractivity contribution in [1.82, 2.24) is 14.1 Å². The number of benzene rings is 2. The third-order valence-corrected chi connectivity index (χ3v) is 10.0. The van der Waals surface area contributed by atoms with E-state index >= 15 is 0 Å². The van der Waals surface area contributed by atoms with Crippen LogP contribution in [0, 0.1) is 11.7 Å². The highest BCUT2D eigenvalue weighted by Crippen LogP contribution is 2.39. The summed E-state index contributed by atoms with van der Waals surface area (Å²) in [5, 5.41) is 0.309. The molecule has 206 valence electrons. The number of amides is 1. The molecule has 2 aromatic rings. The second-order valence-corrected chi connectivity index (χ2v) is 13.0. The quantitative estimate of drug-likeness (QED) is 0.456. The number of rotatable bonds is 7. The molecule has 2 saturated heterocycles. The number of nitrogens with zero attached hydrogens (tertiary/aromatic N) is 3. The van der Waals surface area contributed by atoms with Crippen LogP contribution in [0.25, 0.3) is 0 Å². The van der Waals surface area contributed by atoms with Gasteiger partial charge in [0.2, 0.25) is 10.0 Å². The number of piperazine rings is 1. The molecule has 0 N–H and O–H groups in total. The molecule has 10 heteroatoms. The van der Waals surface area contributed by atoms with Crippen LogP contribution < -0.4 is 0 Å². The first-order valence-corrected chi connectivity index (χ1v) is 15.2. The lowest BCUT2D eigenvalue weighted by Gasteiger charge is -2.42. The van der Waals surface area contributed by atoms with E-state index in [1.807, 2.05) is 6.92 Å². The van der Waals surface area contributed by atoms with Gasteiger partial charge in [0.25, 0.3) is 0 Å². The van der Waals surface area contributed by atoms with E-state index in [0.717, 1.165) is 32.0 Å². The molecule has 0 spiro atoms. The molecule has 2 aliphatic heterocycles. The van der Waals surface area contributed by atoms with Gasteiger partial charge in [0.15, 0.2) is 0 Å². The minimum atomic E-state index is -4.03. The summed E-state index contributed by atoms with van der Waals surface area (Å²) in [6.45, 7) is 5.26. The van der Waals surface area contributed by atoms with Gasteiger partial charge in [-0.15, -0.1) is 0 Å². The van der Waals surface area contributed by atoms with Gasteiger partial charge < -0.3 is 9.64 Å². The van der Waals surface area contributed by atoms with Crippen molar-refractivity contribution in [3.05, 3.63) is 64.9 Å². The van der Waals surface area contributed by atoms with Crippen LogP contribution in [0.15, 0.2) is 53.4 Å². The van der Waals surface area contributed by atoms with Gasteiger partial charge in [-0.05, 0) is 80.8 Å². The van der Waals surface area contributed by atoms with E-state index in [-0.39, 0.29) is 17.5 Å². The predicted octanol–water partition coefficient (Wildman–Crippen LogP) is 5.32. The van der Waals surface area contributed by atoms with Gasteiger partial charge in [-0.25, -0.2) is 17.6 Å². The van der Waals surface area contributed by atoms with Gasteiger partial charge in [0.05, 0.1) is 17.0 Å². The zero-order valence-electron chi connectivity index (χ0n) is 21.6. The van der Waals surface area contributed by atoms with Crippen LogP contribution in [-0.4, -0.2) is 73.5 Å². The second kappa shape index (κ2) is 11.5. The van der Waals surface area contributed by atoms with E-state index in [2.05, 4.69) is 4.90 Å². The lowest BCUT2D eigenvalue weighted by molar-refractivity contribution is 0.0318. The van der Waals surface area contributed by atoms with E-state index in [4.69, 9.17) is 16.3 Å². The highest BCUT2D eigenvalue weighted by atomic mass is 35.5. The molecular weight excluding hydrogens is 529 g/mol. The summed E-state index contributed by atoms with van der Waals surface area (Å²) in [4.78, 5) is 17.3. The molecule has 7 nitrogen and oxygen atoms in total. The minimum absolute atomic E-state index is 0.0210. The number of halogens is 2. The molecule has 0 aromatic heterocycles. The highest BCUT2D eigenvalue weighted by molar-refractivity contribution is 7.89. The Kier molecular flexibility index (Phi) is 8.28. The Morgan fingerprint density at radius 2 is 1.87 bits per heavy atom. The van der Waals surface area contributed by atoms with Crippen LogP contribution in [0.2, 0.25) is 5.02 Å². The van der Waals surface area contributed by atoms with Crippen molar-refractivity contribution in [3.8, 4) is 0 Å². The van der Waals surface area contributed by atoms with Crippen molar-refractivity contribution in [1.29, 1.82) is 0 Å². The van der Waals surface area contributed by atoms with E-state index in [0.29, 0.717) is 30.0 Å². The zero-order chi connectivity index (χ0) is 26.9. The molecule has 0 bridgehead atoms. The molecule has 2 aromatic carbocycles.